The normalized spacial score (nSPS) is 42.0. The van der Waals surface area contributed by atoms with Crippen LogP contribution in [-0.4, -0.2) is 142 Å². The average Bonchev–Trinajstić information content (AvgIpc) is 2.72. The summed E-state index contributed by atoms with van der Waals surface area (Å²) < 4.78 is 31.3. The maximum Gasteiger partial charge on any atom is 0.469 e. The van der Waals surface area contributed by atoms with E-state index in [9.17, 15) is 60.0 Å². The first kappa shape index (κ1) is 28.4. The Morgan fingerprint density at radius 2 is 1.58 bits per heavy atom. The minimum absolute atomic E-state index is 0.953. The van der Waals surface area contributed by atoms with E-state index >= 15 is 0 Å². The molecule has 0 aromatic rings. The monoisotopic (exact) mass is 510 g/mol. The SMILES string of the molecule is O=C(O)[C@@]1(O)C[C@@H](OP(=O)(O)O)[C@@H](O[C@H]2O[C@H]([C@@H](O)CO)[C@@H](O)[C@H](O)[C@@H]2O)[C@@H]([C@H](O)CO)O1. The minimum atomic E-state index is -5.40. The van der Waals surface area contributed by atoms with E-state index in [1.165, 1.54) is 0 Å². The van der Waals surface area contributed by atoms with Gasteiger partial charge in [-0.05, 0) is 0 Å². The largest absolute Gasteiger partial charge is 0.477 e. The van der Waals surface area contributed by atoms with E-state index < -0.39 is 100 Å². The zero-order valence-electron chi connectivity index (χ0n) is 16.7. The van der Waals surface area contributed by atoms with Crippen molar-refractivity contribution in [1.29, 1.82) is 0 Å². The van der Waals surface area contributed by atoms with Crippen molar-refractivity contribution in [2.45, 2.75) is 73.4 Å². The molecule has 17 nitrogen and oxygen atoms in total. The van der Waals surface area contributed by atoms with Gasteiger partial charge in [0.15, 0.2) is 6.29 Å². The van der Waals surface area contributed by atoms with Crippen LogP contribution < -0.4 is 0 Å². The van der Waals surface area contributed by atoms with Gasteiger partial charge in [-0.25, -0.2) is 9.36 Å². The van der Waals surface area contributed by atoms with Crippen LogP contribution in [0.1, 0.15) is 6.42 Å². The number of ether oxygens (including phenoxy) is 3. The summed E-state index contributed by atoms with van der Waals surface area (Å²) >= 11 is 0. The number of aliphatic hydroxyl groups is 8. The predicted octanol–water partition coefficient (Wildman–Crippen LogP) is -6.07. The molecular weight excluding hydrogens is 483 g/mol. The fourth-order valence-corrected chi connectivity index (χ4v) is 4.03. The van der Waals surface area contributed by atoms with Gasteiger partial charge in [0, 0.05) is 6.42 Å². The molecule has 0 aromatic carbocycles. The van der Waals surface area contributed by atoms with E-state index in [1.54, 1.807) is 0 Å². The number of hydrogen-bond donors (Lipinski definition) is 11. The van der Waals surface area contributed by atoms with Crippen molar-refractivity contribution >= 4 is 13.8 Å². The van der Waals surface area contributed by atoms with Gasteiger partial charge in [0.05, 0.1) is 13.2 Å². The van der Waals surface area contributed by atoms with E-state index in [-0.39, 0.29) is 0 Å². The molecule has 2 rings (SSSR count). The Morgan fingerprint density at radius 1 is 1.03 bits per heavy atom. The van der Waals surface area contributed by atoms with Crippen molar-refractivity contribution in [3.8, 4) is 0 Å². The summed E-state index contributed by atoms with van der Waals surface area (Å²) in [5, 5.41) is 87.9. The number of carbonyl (C=O) groups is 1. The molecule has 0 amide bonds. The Labute approximate surface area is 185 Å². The molecule has 33 heavy (non-hydrogen) atoms. The van der Waals surface area contributed by atoms with E-state index in [0.29, 0.717) is 0 Å². The summed E-state index contributed by atoms with van der Waals surface area (Å²) in [5.41, 5.74) is 0. The van der Waals surface area contributed by atoms with Gasteiger partial charge in [0.25, 0.3) is 5.79 Å². The third kappa shape index (κ3) is 6.43. The number of phosphoric acid groups is 1. The third-order valence-corrected chi connectivity index (χ3v) is 5.68. The van der Waals surface area contributed by atoms with Gasteiger partial charge in [-0.1, -0.05) is 0 Å². The second kappa shape index (κ2) is 10.8. The quantitative estimate of drug-likeness (QED) is 0.129. The first-order valence-corrected chi connectivity index (χ1v) is 11.0. The summed E-state index contributed by atoms with van der Waals surface area (Å²) in [6.45, 7) is -2.07. The van der Waals surface area contributed by atoms with Gasteiger partial charge in [-0.3, -0.25) is 4.52 Å². The first-order valence-electron chi connectivity index (χ1n) is 9.45. The highest BCUT2D eigenvalue weighted by Gasteiger charge is 2.57. The van der Waals surface area contributed by atoms with E-state index in [1.807, 2.05) is 0 Å². The lowest BCUT2D eigenvalue weighted by atomic mass is 9.91. The van der Waals surface area contributed by atoms with Crippen molar-refractivity contribution < 1.29 is 83.8 Å². The smallest absolute Gasteiger partial charge is 0.469 e. The number of carboxylic acid groups (broad SMARTS) is 1. The fraction of sp³-hybridized carbons (Fsp3) is 0.933. The van der Waals surface area contributed by atoms with Crippen LogP contribution in [0.2, 0.25) is 0 Å². The van der Waals surface area contributed by atoms with Crippen LogP contribution in [0.15, 0.2) is 0 Å². The molecule has 0 radical (unpaired) electrons. The summed E-state index contributed by atoms with van der Waals surface area (Å²) in [5.74, 6) is -5.19. The van der Waals surface area contributed by atoms with Gasteiger partial charge in [0.2, 0.25) is 0 Å². The van der Waals surface area contributed by atoms with Crippen molar-refractivity contribution in [1.82, 2.24) is 0 Å². The van der Waals surface area contributed by atoms with Crippen molar-refractivity contribution in [2.75, 3.05) is 13.2 Å². The Bertz CT molecular complexity index is 717. The number of hydrogen-bond acceptors (Lipinski definition) is 14. The van der Waals surface area contributed by atoms with E-state index in [2.05, 4.69) is 4.52 Å². The molecule has 194 valence electrons. The van der Waals surface area contributed by atoms with Crippen LogP contribution in [-0.2, 0) is 28.1 Å². The zero-order chi connectivity index (χ0) is 25.3. The lowest BCUT2D eigenvalue weighted by Crippen LogP contribution is -2.66. The number of phosphoric ester groups is 1. The Kier molecular flexibility index (Phi) is 9.30. The van der Waals surface area contributed by atoms with Crippen LogP contribution in [0.5, 0.6) is 0 Å². The highest BCUT2D eigenvalue weighted by atomic mass is 31.2. The zero-order valence-corrected chi connectivity index (χ0v) is 17.6. The second-order valence-electron chi connectivity index (χ2n) is 7.55. The van der Waals surface area contributed by atoms with E-state index in [4.69, 9.17) is 19.3 Å². The van der Waals surface area contributed by atoms with Gasteiger partial charge in [-0.15, -0.1) is 0 Å². The van der Waals surface area contributed by atoms with Crippen LogP contribution in [0, 0.1) is 0 Å². The van der Waals surface area contributed by atoms with Crippen molar-refractivity contribution in [3.63, 3.8) is 0 Å². The molecule has 0 aromatic heterocycles. The highest BCUT2D eigenvalue weighted by molar-refractivity contribution is 7.46. The maximum atomic E-state index is 11.4. The Balaban J connectivity index is 2.42. The van der Waals surface area contributed by atoms with Crippen molar-refractivity contribution in [3.05, 3.63) is 0 Å². The van der Waals surface area contributed by atoms with E-state index in [0.717, 1.165) is 0 Å². The average molecular weight is 510 g/mol. The first-order chi connectivity index (χ1) is 15.1. The molecular formula is C15H27O17P. The van der Waals surface area contributed by atoms with Crippen molar-refractivity contribution in [2.24, 2.45) is 0 Å². The molecule has 0 unspecified atom stereocenters. The number of aliphatic carboxylic acids is 1. The van der Waals surface area contributed by atoms with Gasteiger partial charge >= 0.3 is 13.8 Å². The fourth-order valence-electron chi connectivity index (χ4n) is 3.48. The highest BCUT2D eigenvalue weighted by Crippen LogP contribution is 2.44. The number of aliphatic hydroxyl groups excluding tert-OH is 7. The standard InChI is InChI=1S/C15H27O17P/c16-2-4(18)10-8(21)7(20)9(22)13(29-10)30-12-6(32-33(26,27)28)1-15(25,14(23)24)31-11(12)5(19)3-17/h4-13,16-22,25H,1-3H2,(H,23,24)(H2,26,27,28)/t4-,5+,6+,7-,8-,9-,10+,11+,12+,13+,15+/m0/s1. The molecule has 11 N–H and O–H groups in total. The molecule has 2 fully saturated rings. The molecule has 2 aliphatic rings. The molecule has 0 spiro atoms. The van der Waals surface area contributed by atoms with Crippen LogP contribution in [0.25, 0.3) is 0 Å². The molecule has 2 saturated heterocycles. The number of carboxylic acids is 1. The van der Waals surface area contributed by atoms with Gasteiger partial charge < -0.3 is 70.0 Å². The predicted molar refractivity (Wildman–Crippen MR) is 96.7 cm³/mol. The number of rotatable bonds is 9. The van der Waals surface area contributed by atoms with Crippen LogP contribution in [0.4, 0.5) is 0 Å². The lowest BCUT2D eigenvalue weighted by Gasteiger charge is -2.48. The summed E-state index contributed by atoms with van der Waals surface area (Å²) in [6, 6.07) is 0. The molecule has 0 saturated carbocycles. The lowest BCUT2D eigenvalue weighted by molar-refractivity contribution is -0.363. The third-order valence-electron chi connectivity index (χ3n) is 5.14. The maximum absolute atomic E-state index is 11.4. The van der Waals surface area contributed by atoms with Gasteiger partial charge in [0.1, 0.15) is 54.9 Å². The summed E-state index contributed by atoms with van der Waals surface area (Å²) in [4.78, 5) is 29.8. The minimum Gasteiger partial charge on any atom is -0.477 e. The van der Waals surface area contributed by atoms with Crippen LogP contribution >= 0.6 is 7.82 Å². The Morgan fingerprint density at radius 3 is 2.06 bits per heavy atom. The summed E-state index contributed by atoms with van der Waals surface area (Å²) in [6.07, 6.45) is -20.9. The molecule has 0 bridgehead atoms. The molecule has 2 aliphatic heterocycles. The molecule has 11 atom stereocenters. The molecule has 2 heterocycles. The second-order valence-corrected chi connectivity index (χ2v) is 8.74. The Hall–Kier alpha value is -0.860. The van der Waals surface area contributed by atoms with Crippen LogP contribution in [0.3, 0.4) is 0 Å². The topological polar surface area (TPSA) is 294 Å². The molecule has 0 aliphatic carbocycles. The molecule has 18 heteroatoms. The summed E-state index contributed by atoms with van der Waals surface area (Å²) in [7, 11) is -5.40. The van der Waals surface area contributed by atoms with Gasteiger partial charge in [-0.2, -0.15) is 0 Å².